The van der Waals surface area contributed by atoms with Crippen LogP contribution in [0.5, 0.6) is 0 Å². The van der Waals surface area contributed by atoms with E-state index in [4.69, 9.17) is 0 Å². The fourth-order valence-corrected chi connectivity index (χ4v) is 5.90. The number of nitrogens with one attached hydrogen (secondary N) is 1. The number of hydrogen-bond donors (Lipinski definition) is 1. The molecule has 5 nitrogen and oxygen atoms in total. The zero-order valence-corrected chi connectivity index (χ0v) is 18.6. The lowest BCUT2D eigenvalue weighted by molar-refractivity contribution is -0.121. The van der Waals surface area contributed by atoms with Gasteiger partial charge in [-0.15, -0.1) is 11.3 Å². The quantitative estimate of drug-likeness (QED) is 0.638. The molecule has 1 N–H and O–H groups in total. The second kappa shape index (κ2) is 8.42. The first kappa shape index (κ1) is 20.2. The lowest BCUT2D eigenvalue weighted by Gasteiger charge is -2.31. The Morgan fingerprint density at radius 2 is 1.84 bits per heavy atom. The zero-order valence-electron chi connectivity index (χ0n) is 17.8. The van der Waals surface area contributed by atoms with Crippen molar-refractivity contribution < 1.29 is 9.59 Å². The van der Waals surface area contributed by atoms with Crippen LogP contribution in [0.15, 0.2) is 42.5 Å². The number of amides is 2. The number of carbonyl (C=O) groups excluding carboxylic acids is 2. The van der Waals surface area contributed by atoms with Crippen molar-refractivity contribution in [2.45, 2.75) is 39.0 Å². The van der Waals surface area contributed by atoms with Crippen molar-refractivity contribution in [3.05, 3.63) is 58.6 Å². The van der Waals surface area contributed by atoms with E-state index in [1.54, 1.807) is 11.3 Å². The van der Waals surface area contributed by atoms with Crippen LogP contribution in [0.4, 0.5) is 5.13 Å². The van der Waals surface area contributed by atoms with Gasteiger partial charge < -0.3 is 10.2 Å². The van der Waals surface area contributed by atoms with Crippen molar-refractivity contribution in [2.24, 2.45) is 11.8 Å². The minimum atomic E-state index is -0.0728. The van der Waals surface area contributed by atoms with E-state index in [1.807, 2.05) is 47.4 Å². The number of aryl methyl sites for hydroxylation is 1. The van der Waals surface area contributed by atoms with Crippen LogP contribution in [-0.2, 0) is 17.6 Å². The number of benzene rings is 2. The van der Waals surface area contributed by atoms with Crippen LogP contribution in [-0.4, -0.2) is 34.8 Å². The van der Waals surface area contributed by atoms with Crippen LogP contribution in [0, 0.1) is 11.8 Å². The molecule has 1 unspecified atom stereocenters. The van der Waals surface area contributed by atoms with Gasteiger partial charge in [-0.1, -0.05) is 43.3 Å². The summed E-state index contributed by atoms with van der Waals surface area (Å²) >= 11 is 1.63. The molecular weight excluding hydrogens is 406 g/mol. The normalized spacial score (nSPS) is 19.3. The summed E-state index contributed by atoms with van der Waals surface area (Å²) in [4.78, 5) is 33.8. The van der Waals surface area contributed by atoms with Gasteiger partial charge in [0.25, 0.3) is 5.91 Å². The zero-order chi connectivity index (χ0) is 21.4. The number of anilines is 1. The minimum absolute atomic E-state index is 0.0383. The van der Waals surface area contributed by atoms with Crippen LogP contribution in [0.2, 0.25) is 0 Å². The fourth-order valence-electron chi connectivity index (χ4n) is 4.73. The van der Waals surface area contributed by atoms with Crippen LogP contribution >= 0.6 is 11.3 Å². The second-order valence-electron chi connectivity index (χ2n) is 8.82. The highest BCUT2D eigenvalue weighted by Crippen LogP contribution is 2.33. The van der Waals surface area contributed by atoms with Crippen molar-refractivity contribution in [3.8, 4) is 0 Å². The number of likely N-dealkylation sites (tertiary alicyclic amines) is 1. The number of nitrogens with zero attached hydrogens (tertiary/aromatic N) is 2. The summed E-state index contributed by atoms with van der Waals surface area (Å²) in [5, 5.41) is 5.84. The van der Waals surface area contributed by atoms with Crippen molar-refractivity contribution in [3.63, 3.8) is 0 Å². The van der Waals surface area contributed by atoms with E-state index in [2.05, 4.69) is 17.2 Å². The summed E-state index contributed by atoms with van der Waals surface area (Å²) in [5.74, 6) is 0.713. The Morgan fingerprint density at radius 1 is 1.06 bits per heavy atom. The van der Waals surface area contributed by atoms with Gasteiger partial charge in [-0.25, -0.2) is 4.98 Å². The molecule has 3 aromatic rings. The largest absolute Gasteiger partial charge is 0.339 e. The number of thiazole rings is 1. The SMILES string of the molecule is CC1CCc2nc(NC(=O)C3CCN(C(=O)c4cccc5ccccc45)CC3)sc2C1. The maximum Gasteiger partial charge on any atom is 0.254 e. The third-order valence-electron chi connectivity index (χ3n) is 6.59. The standard InChI is InChI=1S/C25H27N3O2S/c1-16-9-10-21-22(15-16)31-25(26-21)27-23(29)18-11-13-28(14-12-18)24(30)20-8-4-6-17-5-2-3-7-19(17)20/h2-8,16,18H,9-15H2,1H3,(H,26,27,29). The molecule has 2 heterocycles. The first-order chi connectivity index (χ1) is 15.1. The Balaban J connectivity index is 1.21. The first-order valence-corrected chi connectivity index (χ1v) is 12.0. The maximum absolute atomic E-state index is 13.1. The molecule has 1 aromatic heterocycles. The number of hydrogen-bond acceptors (Lipinski definition) is 4. The summed E-state index contributed by atoms with van der Waals surface area (Å²) in [5.41, 5.74) is 1.90. The molecule has 5 rings (SSSR count). The van der Waals surface area contributed by atoms with Crippen molar-refractivity contribution in [1.82, 2.24) is 9.88 Å². The molecule has 1 aliphatic carbocycles. The van der Waals surface area contributed by atoms with E-state index in [0.717, 1.165) is 40.0 Å². The van der Waals surface area contributed by atoms with Gasteiger partial charge in [0.1, 0.15) is 0 Å². The van der Waals surface area contributed by atoms with E-state index in [1.165, 1.54) is 11.3 Å². The minimum Gasteiger partial charge on any atom is -0.339 e. The monoisotopic (exact) mass is 433 g/mol. The number of fused-ring (bicyclic) bond motifs is 2. The van der Waals surface area contributed by atoms with E-state index in [0.29, 0.717) is 31.8 Å². The van der Waals surface area contributed by atoms with Crippen molar-refractivity contribution >= 4 is 39.1 Å². The van der Waals surface area contributed by atoms with Crippen LogP contribution in [0.25, 0.3) is 10.8 Å². The predicted octanol–water partition coefficient (Wildman–Crippen LogP) is 4.91. The maximum atomic E-state index is 13.1. The number of rotatable bonds is 3. The number of aromatic nitrogens is 1. The number of carbonyl (C=O) groups is 2. The molecule has 1 atom stereocenters. The molecule has 1 aliphatic heterocycles. The van der Waals surface area contributed by atoms with Gasteiger partial charge in [0.05, 0.1) is 5.69 Å². The van der Waals surface area contributed by atoms with E-state index < -0.39 is 0 Å². The third-order valence-corrected chi connectivity index (χ3v) is 7.62. The topological polar surface area (TPSA) is 62.3 Å². The predicted molar refractivity (Wildman–Crippen MR) is 125 cm³/mol. The van der Waals surface area contributed by atoms with Crippen LogP contribution < -0.4 is 5.32 Å². The van der Waals surface area contributed by atoms with Crippen LogP contribution in [0.1, 0.15) is 47.1 Å². The molecule has 2 amide bonds. The molecule has 0 bridgehead atoms. The van der Waals surface area contributed by atoms with E-state index >= 15 is 0 Å². The van der Waals surface area contributed by atoms with Gasteiger partial charge in [-0.05, 0) is 54.9 Å². The highest BCUT2D eigenvalue weighted by atomic mass is 32.1. The summed E-state index contributed by atoms with van der Waals surface area (Å²) in [6.45, 7) is 3.48. The summed E-state index contributed by atoms with van der Waals surface area (Å²) in [6, 6.07) is 13.8. The van der Waals surface area contributed by atoms with Gasteiger partial charge >= 0.3 is 0 Å². The van der Waals surface area contributed by atoms with Crippen molar-refractivity contribution in [2.75, 3.05) is 18.4 Å². The van der Waals surface area contributed by atoms with Crippen LogP contribution in [0.3, 0.4) is 0 Å². The Hall–Kier alpha value is -2.73. The summed E-state index contributed by atoms with van der Waals surface area (Å²) in [7, 11) is 0. The molecule has 0 radical (unpaired) electrons. The van der Waals surface area contributed by atoms with Gasteiger partial charge in [-0.3, -0.25) is 9.59 Å². The van der Waals surface area contributed by atoms with Gasteiger partial charge in [0, 0.05) is 29.4 Å². The molecular formula is C25H27N3O2S. The Morgan fingerprint density at radius 3 is 2.68 bits per heavy atom. The fraction of sp³-hybridized carbons (Fsp3) is 0.400. The Kier molecular flexibility index (Phi) is 5.48. The Bertz CT molecular complexity index is 1130. The molecule has 160 valence electrons. The molecule has 31 heavy (non-hydrogen) atoms. The highest BCUT2D eigenvalue weighted by Gasteiger charge is 2.29. The van der Waals surface area contributed by atoms with E-state index in [-0.39, 0.29) is 17.7 Å². The number of piperidine rings is 1. The molecule has 6 heteroatoms. The smallest absolute Gasteiger partial charge is 0.254 e. The Labute approximate surface area is 186 Å². The molecule has 1 saturated heterocycles. The average molecular weight is 434 g/mol. The highest BCUT2D eigenvalue weighted by molar-refractivity contribution is 7.15. The second-order valence-corrected chi connectivity index (χ2v) is 9.90. The average Bonchev–Trinajstić information content (AvgIpc) is 3.19. The molecule has 1 fully saturated rings. The van der Waals surface area contributed by atoms with Crippen molar-refractivity contribution in [1.29, 1.82) is 0 Å². The summed E-state index contributed by atoms with van der Waals surface area (Å²) in [6.07, 6.45) is 4.62. The lowest BCUT2D eigenvalue weighted by atomic mass is 9.93. The van der Waals surface area contributed by atoms with Gasteiger partial charge in [0.2, 0.25) is 5.91 Å². The molecule has 2 aliphatic rings. The van der Waals surface area contributed by atoms with Gasteiger partial charge in [-0.2, -0.15) is 0 Å². The van der Waals surface area contributed by atoms with Gasteiger partial charge in [0.15, 0.2) is 5.13 Å². The first-order valence-electron chi connectivity index (χ1n) is 11.1. The molecule has 0 saturated carbocycles. The summed E-state index contributed by atoms with van der Waals surface area (Å²) < 4.78 is 0. The van der Waals surface area contributed by atoms with E-state index in [9.17, 15) is 9.59 Å². The molecule has 0 spiro atoms. The third kappa shape index (κ3) is 4.09. The lowest BCUT2D eigenvalue weighted by Crippen LogP contribution is -2.41. The molecule has 2 aromatic carbocycles.